The van der Waals surface area contributed by atoms with Crippen molar-refractivity contribution in [3.8, 4) is 11.3 Å². The van der Waals surface area contributed by atoms with E-state index in [4.69, 9.17) is 0 Å². The third-order valence-electron chi connectivity index (χ3n) is 7.41. The van der Waals surface area contributed by atoms with E-state index in [1.54, 1.807) is 4.57 Å². The molecule has 1 atom stereocenters. The van der Waals surface area contributed by atoms with Crippen LogP contribution < -0.4 is 11.0 Å². The highest BCUT2D eigenvalue weighted by atomic mass is 16.3. The van der Waals surface area contributed by atoms with Crippen molar-refractivity contribution in [1.29, 1.82) is 0 Å². The topological polar surface area (TPSA) is 90.4 Å². The SMILES string of the molecule is O=C(c1[nH]c(=O)n(CC2(O)CCCCC2)c1-c1ccccc1)N1CCNC[C@H]1Cc1ccccc1. The number of hydrogen-bond acceptors (Lipinski definition) is 4. The second-order valence-electron chi connectivity index (χ2n) is 9.94. The lowest BCUT2D eigenvalue weighted by Gasteiger charge is -2.36. The van der Waals surface area contributed by atoms with Crippen LogP contribution in [-0.2, 0) is 13.0 Å². The van der Waals surface area contributed by atoms with Crippen LogP contribution in [0.2, 0.25) is 0 Å². The lowest BCUT2D eigenvalue weighted by molar-refractivity contribution is -0.0118. The molecule has 0 bridgehead atoms. The van der Waals surface area contributed by atoms with Crippen molar-refractivity contribution >= 4 is 5.91 Å². The molecule has 35 heavy (non-hydrogen) atoms. The molecule has 1 amide bonds. The van der Waals surface area contributed by atoms with Gasteiger partial charge in [-0.3, -0.25) is 9.36 Å². The number of nitrogens with one attached hydrogen (secondary N) is 2. The fourth-order valence-electron chi connectivity index (χ4n) is 5.57. The minimum atomic E-state index is -0.932. The standard InChI is InChI=1S/C28H34N4O3/c33-26(31-17-16-29-19-23(31)18-21-10-4-1-5-11-21)24-25(22-12-6-2-7-13-22)32(27(34)30-24)20-28(35)14-8-3-9-15-28/h1-2,4-7,10-13,23,29,35H,3,8-9,14-20H2,(H,30,34)/t23-/m1/s1. The predicted octanol–water partition coefficient (Wildman–Crippen LogP) is 3.20. The molecule has 1 aliphatic carbocycles. The maximum atomic E-state index is 14.0. The van der Waals surface area contributed by atoms with E-state index in [0.29, 0.717) is 43.9 Å². The van der Waals surface area contributed by atoms with Crippen molar-refractivity contribution in [2.75, 3.05) is 19.6 Å². The summed E-state index contributed by atoms with van der Waals surface area (Å²) in [6.45, 7) is 2.17. The Hall–Kier alpha value is -3.16. The van der Waals surface area contributed by atoms with Crippen molar-refractivity contribution < 1.29 is 9.90 Å². The summed E-state index contributed by atoms with van der Waals surface area (Å²) >= 11 is 0. The van der Waals surface area contributed by atoms with Crippen LogP contribution in [0, 0.1) is 0 Å². The third kappa shape index (κ3) is 5.11. The molecule has 7 nitrogen and oxygen atoms in total. The van der Waals surface area contributed by atoms with Gasteiger partial charge in [0.05, 0.1) is 17.8 Å². The molecule has 0 spiro atoms. The smallest absolute Gasteiger partial charge is 0.326 e. The number of carbonyl (C=O) groups excluding carboxylic acids is 1. The molecule has 184 valence electrons. The molecule has 7 heteroatoms. The number of hydrogen-bond donors (Lipinski definition) is 3. The Morgan fingerprint density at radius 1 is 1.00 bits per heavy atom. The van der Waals surface area contributed by atoms with Gasteiger partial charge in [0.1, 0.15) is 5.69 Å². The zero-order valence-corrected chi connectivity index (χ0v) is 20.1. The Morgan fingerprint density at radius 2 is 1.69 bits per heavy atom. The molecule has 0 radical (unpaired) electrons. The van der Waals surface area contributed by atoms with Crippen LogP contribution in [0.5, 0.6) is 0 Å². The molecule has 3 N–H and O–H groups in total. The van der Waals surface area contributed by atoms with Gasteiger partial charge in [-0.1, -0.05) is 79.9 Å². The van der Waals surface area contributed by atoms with E-state index in [-0.39, 0.29) is 24.2 Å². The second-order valence-corrected chi connectivity index (χ2v) is 9.94. The first-order valence-electron chi connectivity index (χ1n) is 12.7. The van der Waals surface area contributed by atoms with Gasteiger partial charge in [0.25, 0.3) is 5.91 Å². The average Bonchev–Trinajstić information content (AvgIpc) is 3.20. The second kappa shape index (κ2) is 10.2. The number of amides is 1. The van der Waals surface area contributed by atoms with E-state index in [2.05, 4.69) is 22.4 Å². The molecule has 2 fully saturated rings. The maximum Gasteiger partial charge on any atom is 0.326 e. The van der Waals surface area contributed by atoms with Crippen LogP contribution >= 0.6 is 0 Å². The first kappa shape index (κ1) is 23.6. The number of piperazine rings is 1. The van der Waals surface area contributed by atoms with Crippen LogP contribution in [0.1, 0.15) is 48.2 Å². The number of nitrogens with zero attached hydrogens (tertiary/aromatic N) is 2. The summed E-state index contributed by atoms with van der Waals surface area (Å²) in [6, 6.07) is 19.7. The van der Waals surface area contributed by atoms with Gasteiger partial charge in [-0.2, -0.15) is 0 Å². The lowest BCUT2D eigenvalue weighted by Crippen LogP contribution is -2.54. The Kier molecular flexibility index (Phi) is 6.88. The molecule has 5 rings (SSSR count). The van der Waals surface area contributed by atoms with E-state index < -0.39 is 5.60 Å². The van der Waals surface area contributed by atoms with Gasteiger partial charge < -0.3 is 20.3 Å². The van der Waals surface area contributed by atoms with Crippen molar-refractivity contribution in [3.05, 3.63) is 82.4 Å². The highest BCUT2D eigenvalue weighted by Gasteiger charge is 2.35. The number of aromatic amines is 1. The fourth-order valence-corrected chi connectivity index (χ4v) is 5.57. The molecular weight excluding hydrogens is 440 g/mol. The number of rotatable bonds is 6. The Labute approximate surface area is 205 Å². The largest absolute Gasteiger partial charge is 0.388 e. The van der Waals surface area contributed by atoms with Crippen molar-refractivity contribution in [3.63, 3.8) is 0 Å². The first-order valence-corrected chi connectivity index (χ1v) is 12.7. The summed E-state index contributed by atoms with van der Waals surface area (Å²) < 4.78 is 1.59. The van der Waals surface area contributed by atoms with Crippen LogP contribution in [0.15, 0.2) is 65.5 Å². The summed E-state index contributed by atoms with van der Waals surface area (Å²) in [7, 11) is 0. The van der Waals surface area contributed by atoms with Crippen LogP contribution in [-0.4, -0.2) is 56.7 Å². The molecule has 1 aliphatic heterocycles. The minimum Gasteiger partial charge on any atom is -0.388 e. The highest BCUT2D eigenvalue weighted by Crippen LogP contribution is 2.32. The average molecular weight is 475 g/mol. The highest BCUT2D eigenvalue weighted by molar-refractivity contribution is 5.98. The van der Waals surface area contributed by atoms with Crippen molar-refractivity contribution in [1.82, 2.24) is 19.8 Å². The summed E-state index contributed by atoms with van der Waals surface area (Å²) in [5.74, 6) is -0.169. The summed E-state index contributed by atoms with van der Waals surface area (Å²) in [5.41, 5.74) is 1.56. The van der Waals surface area contributed by atoms with Crippen LogP contribution in [0.3, 0.4) is 0 Å². The van der Waals surface area contributed by atoms with Gasteiger partial charge in [-0.15, -0.1) is 0 Å². The van der Waals surface area contributed by atoms with Gasteiger partial charge >= 0.3 is 5.69 Å². The molecule has 1 saturated carbocycles. The number of aromatic nitrogens is 2. The monoisotopic (exact) mass is 474 g/mol. The van der Waals surface area contributed by atoms with Crippen molar-refractivity contribution in [2.24, 2.45) is 0 Å². The van der Waals surface area contributed by atoms with Gasteiger partial charge in [-0.05, 0) is 24.8 Å². The van der Waals surface area contributed by atoms with Gasteiger partial charge in [0, 0.05) is 31.2 Å². The van der Waals surface area contributed by atoms with Gasteiger partial charge in [-0.25, -0.2) is 4.79 Å². The van der Waals surface area contributed by atoms with Crippen molar-refractivity contribution in [2.45, 2.75) is 56.7 Å². The Morgan fingerprint density at radius 3 is 2.40 bits per heavy atom. The molecule has 1 aromatic heterocycles. The molecule has 0 unspecified atom stereocenters. The molecule has 3 aromatic rings. The lowest BCUT2D eigenvalue weighted by atomic mass is 9.84. The van der Waals surface area contributed by atoms with E-state index >= 15 is 0 Å². The van der Waals surface area contributed by atoms with Gasteiger partial charge in [0.2, 0.25) is 0 Å². The fraction of sp³-hybridized carbons (Fsp3) is 0.429. The quantitative estimate of drug-likeness (QED) is 0.512. The van der Waals surface area contributed by atoms with Gasteiger partial charge in [0.15, 0.2) is 0 Å². The molecule has 2 heterocycles. The number of aliphatic hydroxyl groups is 1. The number of H-pyrrole nitrogens is 1. The van der Waals surface area contributed by atoms with E-state index in [1.165, 1.54) is 5.56 Å². The summed E-state index contributed by atoms with van der Waals surface area (Å²) in [4.78, 5) is 32.0. The number of carbonyl (C=O) groups is 1. The van der Waals surface area contributed by atoms with Crippen LogP contribution in [0.4, 0.5) is 0 Å². The zero-order valence-electron chi connectivity index (χ0n) is 20.1. The van der Waals surface area contributed by atoms with E-state index in [0.717, 1.165) is 31.2 Å². The summed E-state index contributed by atoms with van der Waals surface area (Å²) in [6.07, 6.45) is 5.07. The molecule has 1 saturated heterocycles. The van der Waals surface area contributed by atoms with Crippen LogP contribution in [0.25, 0.3) is 11.3 Å². The minimum absolute atomic E-state index is 0.0170. The zero-order chi connectivity index (χ0) is 24.3. The molecule has 2 aliphatic rings. The Balaban J connectivity index is 1.52. The van der Waals surface area contributed by atoms with E-state index in [1.807, 2.05) is 53.4 Å². The maximum absolute atomic E-state index is 14.0. The first-order chi connectivity index (χ1) is 17.0. The molecule has 2 aromatic carbocycles. The Bertz CT molecular complexity index is 1200. The predicted molar refractivity (Wildman–Crippen MR) is 136 cm³/mol. The third-order valence-corrected chi connectivity index (χ3v) is 7.41. The normalized spacial score (nSPS) is 20.0. The summed E-state index contributed by atoms with van der Waals surface area (Å²) in [5, 5.41) is 14.7. The number of imidazole rings is 1. The van der Waals surface area contributed by atoms with E-state index in [9.17, 15) is 14.7 Å². The molecular formula is C28H34N4O3. The number of benzene rings is 2.